The number of aromatic nitrogens is 2. The smallest absolute Gasteiger partial charge is 0.351 e. The average Bonchev–Trinajstić information content (AvgIpc) is 2.93. The molecule has 2 heterocycles. The van der Waals surface area contributed by atoms with E-state index in [1.807, 2.05) is 6.92 Å². The van der Waals surface area contributed by atoms with Crippen molar-refractivity contribution in [3.05, 3.63) is 22.7 Å². The molecule has 0 spiro atoms. The van der Waals surface area contributed by atoms with Gasteiger partial charge in [0.2, 0.25) is 0 Å². The number of ether oxygens (including phenoxy) is 2. The van der Waals surface area contributed by atoms with Gasteiger partial charge in [0.1, 0.15) is 18.7 Å². The second-order valence-corrected chi connectivity index (χ2v) is 7.18. The molecule has 3 N–H and O–H groups in total. The highest BCUT2D eigenvalue weighted by atomic mass is 16.6. The van der Waals surface area contributed by atoms with Gasteiger partial charge in [0.25, 0.3) is 0 Å². The summed E-state index contributed by atoms with van der Waals surface area (Å²) in [6.07, 6.45) is 1.67. The van der Waals surface area contributed by atoms with Gasteiger partial charge in [0, 0.05) is 12.1 Å². The number of esters is 1. The maximum absolute atomic E-state index is 11.8. The Kier molecular flexibility index (Phi) is 8.42. The Bertz CT molecular complexity index is 701. The summed E-state index contributed by atoms with van der Waals surface area (Å²) in [5, 5.41) is 7.99. The molecule has 0 radical (unpaired) electrons. The fourth-order valence-electron chi connectivity index (χ4n) is 2.33. The molecule has 0 aromatic carbocycles. The molecule has 0 unspecified atom stereocenters. The van der Waals surface area contributed by atoms with E-state index in [1.165, 1.54) is 4.57 Å². The van der Waals surface area contributed by atoms with Crippen molar-refractivity contribution in [2.75, 3.05) is 12.3 Å². The van der Waals surface area contributed by atoms with E-state index in [0.29, 0.717) is 6.42 Å². The zero-order valence-electron chi connectivity index (χ0n) is 16.4. The molecule has 9 nitrogen and oxygen atoms in total. The SMILES string of the molecule is CC(C)C(=O)O.CC(C)C(=O)OC[C@@H]1C[C@H](C)[C@H](n2ccc(N)nc2=O)O1. The first kappa shape index (κ1) is 22.6. The summed E-state index contributed by atoms with van der Waals surface area (Å²) in [6.45, 7) is 9.03. The van der Waals surface area contributed by atoms with Gasteiger partial charge in [-0.25, -0.2) is 4.79 Å². The molecular formula is C18H29N3O6. The van der Waals surface area contributed by atoms with Crippen molar-refractivity contribution in [2.24, 2.45) is 17.8 Å². The lowest BCUT2D eigenvalue weighted by molar-refractivity contribution is -0.152. The van der Waals surface area contributed by atoms with Crippen molar-refractivity contribution in [1.82, 2.24) is 9.55 Å². The number of nitrogens with zero attached hydrogens (tertiary/aromatic N) is 2. The monoisotopic (exact) mass is 383 g/mol. The Hall–Kier alpha value is -2.42. The first-order valence-electron chi connectivity index (χ1n) is 8.92. The number of carbonyl (C=O) groups excluding carboxylic acids is 1. The van der Waals surface area contributed by atoms with Crippen LogP contribution in [0.1, 0.15) is 47.3 Å². The van der Waals surface area contributed by atoms with E-state index in [4.69, 9.17) is 20.3 Å². The number of nitrogen functional groups attached to an aromatic ring is 1. The molecule has 0 bridgehead atoms. The van der Waals surface area contributed by atoms with E-state index in [2.05, 4.69) is 4.98 Å². The number of carbonyl (C=O) groups is 2. The number of anilines is 1. The molecule has 1 aromatic rings. The second-order valence-electron chi connectivity index (χ2n) is 7.18. The van der Waals surface area contributed by atoms with Gasteiger partial charge in [-0.15, -0.1) is 0 Å². The Morgan fingerprint density at radius 2 is 1.96 bits per heavy atom. The van der Waals surface area contributed by atoms with Gasteiger partial charge in [0.05, 0.1) is 17.9 Å². The van der Waals surface area contributed by atoms with E-state index >= 15 is 0 Å². The third-order valence-electron chi connectivity index (χ3n) is 3.96. The molecule has 0 aliphatic carbocycles. The molecule has 0 amide bonds. The predicted octanol–water partition coefficient (Wildman–Crippen LogP) is 1.68. The zero-order valence-corrected chi connectivity index (χ0v) is 16.4. The molecule has 1 aliphatic rings. The number of aliphatic carboxylic acids is 1. The zero-order chi connectivity index (χ0) is 20.7. The van der Waals surface area contributed by atoms with Crippen LogP contribution in [0.25, 0.3) is 0 Å². The number of nitrogens with two attached hydrogens (primary N) is 1. The van der Waals surface area contributed by atoms with E-state index in [9.17, 15) is 14.4 Å². The highest BCUT2D eigenvalue weighted by Gasteiger charge is 2.34. The summed E-state index contributed by atoms with van der Waals surface area (Å²) in [4.78, 5) is 36.7. The number of rotatable bonds is 5. The predicted molar refractivity (Wildman–Crippen MR) is 98.9 cm³/mol. The normalized spacial score (nSPS) is 21.7. The van der Waals surface area contributed by atoms with Crippen LogP contribution < -0.4 is 11.4 Å². The Labute approximate surface area is 158 Å². The van der Waals surface area contributed by atoms with Gasteiger partial charge in [-0.1, -0.05) is 34.6 Å². The highest BCUT2D eigenvalue weighted by molar-refractivity contribution is 5.71. The van der Waals surface area contributed by atoms with Gasteiger partial charge < -0.3 is 20.3 Å². The third kappa shape index (κ3) is 7.01. The number of carboxylic acids is 1. The van der Waals surface area contributed by atoms with Gasteiger partial charge in [-0.2, -0.15) is 4.98 Å². The number of carboxylic acid groups (broad SMARTS) is 1. The lowest BCUT2D eigenvalue weighted by atomic mass is 10.1. The highest BCUT2D eigenvalue weighted by Crippen LogP contribution is 2.33. The fourth-order valence-corrected chi connectivity index (χ4v) is 2.33. The van der Waals surface area contributed by atoms with Crippen molar-refractivity contribution >= 4 is 17.8 Å². The molecule has 0 saturated carbocycles. The van der Waals surface area contributed by atoms with Crippen LogP contribution in [-0.4, -0.2) is 39.3 Å². The Balaban J connectivity index is 0.000000527. The summed E-state index contributed by atoms with van der Waals surface area (Å²) in [5.41, 5.74) is 5.04. The summed E-state index contributed by atoms with van der Waals surface area (Å²) in [5.74, 6) is -1.08. The van der Waals surface area contributed by atoms with Crippen molar-refractivity contribution in [1.29, 1.82) is 0 Å². The first-order chi connectivity index (χ1) is 12.5. The van der Waals surface area contributed by atoms with Crippen molar-refractivity contribution < 1.29 is 24.2 Å². The second kappa shape index (κ2) is 10.1. The summed E-state index contributed by atoms with van der Waals surface area (Å²) in [6, 6.07) is 1.56. The van der Waals surface area contributed by atoms with Crippen molar-refractivity contribution in [3.63, 3.8) is 0 Å². The van der Waals surface area contributed by atoms with E-state index in [0.717, 1.165) is 0 Å². The summed E-state index contributed by atoms with van der Waals surface area (Å²) < 4.78 is 12.4. The molecule has 1 saturated heterocycles. The minimum Gasteiger partial charge on any atom is -0.481 e. The van der Waals surface area contributed by atoms with Crippen LogP contribution in [0.15, 0.2) is 17.1 Å². The average molecular weight is 383 g/mol. The van der Waals surface area contributed by atoms with E-state index < -0.39 is 17.9 Å². The maximum Gasteiger partial charge on any atom is 0.351 e. The van der Waals surface area contributed by atoms with Crippen LogP contribution in [0.5, 0.6) is 0 Å². The standard InChI is InChI=1S/C14H21N3O4.C4H8O2/c1-8(2)13(18)20-7-10-6-9(3)12(21-10)17-5-4-11(15)16-14(17)19;1-3(2)4(5)6/h4-5,8-10,12H,6-7H2,1-3H3,(H2,15,16,19);3H,1-2H3,(H,5,6)/t9-,10-,12+;/m0./s1. The van der Waals surface area contributed by atoms with Crippen LogP contribution >= 0.6 is 0 Å². The minimum atomic E-state index is -0.741. The molecular weight excluding hydrogens is 354 g/mol. The minimum absolute atomic E-state index is 0.121. The van der Waals surface area contributed by atoms with Crippen LogP contribution in [-0.2, 0) is 19.1 Å². The lowest BCUT2D eigenvalue weighted by Crippen LogP contribution is -2.30. The van der Waals surface area contributed by atoms with Crippen LogP contribution in [0, 0.1) is 17.8 Å². The Morgan fingerprint density at radius 1 is 1.37 bits per heavy atom. The van der Waals surface area contributed by atoms with Crippen molar-refractivity contribution in [2.45, 2.75) is 53.4 Å². The van der Waals surface area contributed by atoms with Crippen LogP contribution in [0.4, 0.5) is 5.82 Å². The fraction of sp³-hybridized carbons (Fsp3) is 0.667. The van der Waals surface area contributed by atoms with E-state index in [1.54, 1.807) is 40.0 Å². The van der Waals surface area contributed by atoms with Crippen LogP contribution in [0.2, 0.25) is 0 Å². The number of hydrogen-bond donors (Lipinski definition) is 2. The molecule has 1 aliphatic heterocycles. The lowest BCUT2D eigenvalue weighted by Gasteiger charge is -2.18. The summed E-state index contributed by atoms with van der Waals surface area (Å²) >= 11 is 0. The van der Waals surface area contributed by atoms with Crippen molar-refractivity contribution in [3.8, 4) is 0 Å². The van der Waals surface area contributed by atoms with Crippen LogP contribution in [0.3, 0.4) is 0 Å². The number of hydrogen-bond acceptors (Lipinski definition) is 7. The largest absolute Gasteiger partial charge is 0.481 e. The van der Waals surface area contributed by atoms with E-state index in [-0.39, 0.29) is 42.3 Å². The van der Waals surface area contributed by atoms with Gasteiger partial charge in [-0.3, -0.25) is 14.2 Å². The molecule has 1 aromatic heterocycles. The van der Waals surface area contributed by atoms with Gasteiger partial charge in [-0.05, 0) is 12.5 Å². The first-order valence-corrected chi connectivity index (χ1v) is 8.92. The maximum atomic E-state index is 11.8. The molecule has 2 rings (SSSR count). The van der Waals surface area contributed by atoms with Gasteiger partial charge >= 0.3 is 17.6 Å². The molecule has 9 heteroatoms. The third-order valence-corrected chi connectivity index (χ3v) is 3.96. The molecule has 152 valence electrons. The molecule has 1 fully saturated rings. The van der Waals surface area contributed by atoms with Gasteiger partial charge in [0.15, 0.2) is 0 Å². The Morgan fingerprint density at radius 3 is 2.44 bits per heavy atom. The quantitative estimate of drug-likeness (QED) is 0.734. The molecule has 3 atom stereocenters. The topological polar surface area (TPSA) is 134 Å². The summed E-state index contributed by atoms with van der Waals surface area (Å²) in [7, 11) is 0. The molecule has 27 heavy (non-hydrogen) atoms.